The molecule has 5 nitrogen and oxygen atoms in total. The van der Waals surface area contributed by atoms with E-state index in [-0.39, 0.29) is 19.5 Å². The minimum Gasteiger partial charge on any atom is -0.480 e. The summed E-state index contributed by atoms with van der Waals surface area (Å²) in [6.07, 6.45) is -5.42. The van der Waals surface area contributed by atoms with Crippen molar-refractivity contribution < 1.29 is 27.9 Å². The van der Waals surface area contributed by atoms with Crippen LogP contribution in [0, 0.1) is 0 Å². The van der Waals surface area contributed by atoms with E-state index in [9.17, 15) is 22.8 Å². The number of halogens is 3. The molecule has 0 radical (unpaired) electrons. The SMILES string of the molecule is O=C(O)C1CSCCN1C(=O)NCCCC(F)(F)F. The average Bonchev–Trinajstić information content (AvgIpc) is 2.33. The van der Waals surface area contributed by atoms with Gasteiger partial charge in [0.25, 0.3) is 0 Å². The van der Waals surface area contributed by atoms with Crippen LogP contribution in [0.4, 0.5) is 18.0 Å². The lowest BCUT2D eigenvalue weighted by Gasteiger charge is -2.32. The Morgan fingerprint density at radius 1 is 1.42 bits per heavy atom. The van der Waals surface area contributed by atoms with Gasteiger partial charge in [-0.2, -0.15) is 24.9 Å². The highest BCUT2D eigenvalue weighted by molar-refractivity contribution is 7.99. The molecule has 0 bridgehead atoms. The van der Waals surface area contributed by atoms with Crippen molar-refractivity contribution in [3.63, 3.8) is 0 Å². The number of carboxylic acids is 1. The number of nitrogens with one attached hydrogen (secondary N) is 1. The number of carboxylic acid groups (broad SMARTS) is 1. The molecule has 0 spiro atoms. The van der Waals surface area contributed by atoms with E-state index in [2.05, 4.69) is 5.32 Å². The predicted molar refractivity (Wildman–Crippen MR) is 64.1 cm³/mol. The van der Waals surface area contributed by atoms with Crippen LogP contribution in [0.2, 0.25) is 0 Å². The van der Waals surface area contributed by atoms with Crippen LogP contribution in [-0.2, 0) is 4.79 Å². The number of rotatable bonds is 4. The number of urea groups is 1. The first-order valence-corrected chi connectivity index (χ1v) is 6.88. The van der Waals surface area contributed by atoms with Crippen molar-refractivity contribution in [2.24, 2.45) is 0 Å². The summed E-state index contributed by atoms with van der Waals surface area (Å²) in [7, 11) is 0. The Morgan fingerprint density at radius 2 is 2.11 bits per heavy atom. The van der Waals surface area contributed by atoms with Crippen LogP contribution in [0.5, 0.6) is 0 Å². The Balaban J connectivity index is 2.37. The lowest BCUT2D eigenvalue weighted by Crippen LogP contribution is -2.53. The molecule has 2 amide bonds. The standard InChI is InChI=1S/C10H15F3N2O3S/c11-10(12,13)2-1-3-14-9(18)15-4-5-19-6-7(15)8(16)17/h7H,1-6H2,(H,14,18)(H,16,17). The zero-order chi connectivity index (χ0) is 14.5. The van der Waals surface area contributed by atoms with Crippen LogP contribution in [0.3, 0.4) is 0 Å². The molecule has 1 fully saturated rings. The van der Waals surface area contributed by atoms with E-state index in [0.717, 1.165) is 4.90 Å². The number of thioether (sulfide) groups is 1. The molecule has 0 aliphatic carbocycles. The second-order valence-corrected chi connectivity index (χ2v) is 5.22. The minimum absolute atomic E-state index is 0.117. The zero-order valence-electron chi connectivity index (χ0n) is 10.1. The molecule has 0 aromatic carbocycles. The third-order valence-corrected chi connectivity index (χ3v) is 3.61. The van der Waals surface area contributed by atoms with E-state index in [1.54, 1.807) is 0 Å². The molecule has 9 heteroatoms. The van der Waals surface area contributed by atoms with E-state index in [1.165, 1.54) is 11.8 Å². The summed E-state index contributed by atoms with van der Waals surface area (Å²) in [5.74, 6) is -0.178. The smallest absolute Gasteiger partial charge is 0.389 e. The van der Waals surface area contributed by atoms with Crippen LogP contribution in [-0.4, -0.2) is 58.8 Å². The molecule has 1 unspecified atom stereocenters. The third kappa shape index (κ3) is 5.58. The van der Waals surface area contributed by atoms with Crippen molar-refractivity contribution in [2.75, 3.05) is 24.6 Å². The molecule has 19 heavy (non-hydrogen) atoms. The number of hydrogen-bond acceptors (Lipinski definition) is 3. The maximum Gasteiger partial charge on any atom is 0.389 e. The Morgan fingerprint density at radius 3 is 2.68 bits per heavy atom. The van der Waals surface area contributed by atoms with Gasteiger partial charge >= 0.3 is 18.2 Å². The Bertz CT molecular complexity index is 338. The van der Waals surface area contributed by atoms with Gasteiger partial charge in [0, 0.05) is 31.0 Å². The van der Waals surface area contributed by atoms with Gasteiger partial charge in [-0.15, -0.1) is 0 Å². The Hall–Kier alpha value is -1.12. The van der Waals surface area contributed by atoms with Crippen molar-refractivity contribution in [2.45, 2.75) is 25.1 Å². The second kappa shape index (κ2) is 6.88. The van der Waals surface area contributed by atoms with Crippen LogP contribution in [0.1, 0.15) is 12.8 Å². The van der Waals surface area contributed by atoms with Gasteiger partial charge in [0.05, 0.1) is 0 Å². The highest BCUT2D eigenvalue weighted by Gasteiger charge is 2.32. The average molecular weight is 300 g/mol. The monoisotopic (exact) mass is 300 g/mol. The highest BCUT2D eigenvalue weighted by Crippen LogP contribution is 2.21. The first-order valence-electron chi connectivity index (χ1n) is 5.73. The highest BCUT2D eigenvalue weighted by atomic mass is 32.2. The number of nitrogens with zero attached hydrogens (tertiary/aromatic N) is 1. The van der Waals surface area contributed by atoms with Crippen LogP contribution < -0.4 is 5.32 Å². The van der Waals surface area contributed by atoms with Gasteiger partial charge in [-0.25, -0.2) is 9.59 Å². The zero-order valence-corrected chi connectivity index (χ0v) is 10.9. The van der Waals surface area contributed by atoms with Crippen LogP contribution >= 0.6 is 11.8 Å². The molecule has 1 aliphatic rings. The van der Waals surface area contributed by atoms with E-state index in [4.69, 9.17) is 5.11 Å². The number of amides is 2. The summed E-state index contributed by atoms with van der Waals surface area (Å²) in [6.45, 7) is 0.168. The summed E-state index contributed by atoms with van der Waals surface area (Å²) in [6, 6.07) is -1.53. The molecule has 0 aromatic rings. The lowest BCUT2D eigenvalue weighted by molar-refractivity contribution is -0.141. The largest absolute Gasteiger partial charge is 0.480 e. The Kier molecular flexibility index (Phi) is 5.77. The first-order chi connectivity index (χ1) is 8.81. The fraction of sp³-hybridized carbons (Fsp3) is 0.800. The van der Waals surface area contributed by atoms with Crippen molar-refractivity contribution in [3.8, 4) is 0 Å². The maximum absolute atomic E-state index is 11.9. The quantitative estimate of drug-likeness (QED) is 0.773. The summed E-state index contributed by atoms with van der Waals surface area (Å²) >= 11 is 1.43. The number of carbonyl (C=O) groups is 2. The lowest BCUT2D eigenvalue weighted by atomic mass is 10.3. The van der Waals surface area contributed by atoms with Crippen molar-refractivity contribution in [3.05, 3.63) is 0 Å². The molecule has 1 atom stereocenters. The molecular formula is C10H15F3N2O3S. The van der Waals surface area contributed by atoms with Gasteiger partial charge in [0.15, 0.2) is 0 Å². The van der Waals surface area contributed by atoms with Crippen molar-refractivity contribution >= 4 is 23.8 Å². The molecule has 1 rings (SSSR count). The summed E-state index contributed by atoms with van der Waals surface area (Å²) in [4.78, 5) is 23.8. The van der Waals surface area contributed by atoms with E-state index in [1.807, 2.05) is 0 Å². The fourth-order valence-electron chi connectivity index (χ4n) is 1.64. The van der Waals surface area contributed by atoms with E-state index >= 15 is 0 Å². The summed E-state index contributed by atoms with van der Waals surface area (Å²) < 4.78 is 35.7. The summed E-state index contributed by atoms with van der Waals surface area (Å²) in [5, 5.41) is 11.3. The molecule has 0 aromatic heterocycles. The van der Waals surface area contributed by atoms with Gasteiger partial charge in [-0.05, 0) is 6.42 Å². The van der Waals surface area contributed by atoms with Crippen LogP contribution in [0.25, 0.3) is 0 Å². The van der Waals surface area contributed by atoms with Gasteiger partial charge in [0.2, 0.25) is 0 Å². The maximum atomic E-state index is 11.9. The summed E-state index contributed by atoms with van der Waals surface area (Å²) in [5.41, 5.74) is 0. The molecule has 1 heterocycles. The van der Waals surface area contributed by atoms with Gasteiger partial charge in [-0.1, -0.05) is 0 Å². The van der Waals surface area contributed by atoms with Crippen LogP contribution in [0.15, 0.2) is 0 Å². The first kappa shape index (κ1) is 15.9. The number of alkyl halides is 3. The van der Waals surface area contributed by atoms with Gasteiger partial charge < -0.3 is 15.3 Å². The topological polar surface area (TPSA) is 69.6 Å². The molecule has 2 N–H and O–H groups in total. The Labute approximate surface area is 112 Å². The second-order valence-electron chi connectivity index (χ2n) is 4.07. The van der Waals surface area contributed by atoms with E-state index < -0.39 is 30.6 Å². The fourth-order valence-corrected chi connectivity index (χ4v) is 2.68. The number of aliphatic carboxylic acids is 1. The normalized spacial score (nSPS) is 20.2. The van der Waals surface area contributed by atoms with Gasteiger partial charge in [0.1, 0.15) is 6.04 Å². The minimum atomic E-state index is -4.24. The number of carbonyl (C=O) groups excluding carboxylic acids is 1. The van der Waals surface area contributed by atoms with Crippen molar-refractivity contribution in [1.82, 2.24) is 10.2 Å². The molecule has 110 valence electrons. The third-order valence-electron chi connectivity index (χ3n) is 2.59. The molecule has 1 aliphatic heterocycles. The van der Waals surface area contributed by atoms with E-state index in [0.29, 0.717) is 11.5 Å². The molecule has 0 saturated carbocycles. The predicted octanol–water partition coefficient (Wildman–Crippen LogP) is 1.54. The van der Waals surface area contributed by atoms with Crippen molar-refractivity contribution in [1.29, 1.82) is 0 Å². The number of hydrogen-bond donors (Lipinski definition) is 2. The molecule has 1 saturated heterocycles. The van der Waals surface area contributed by atoms with Gasteiger partial charge in [-0.3, -0.25) is 0 Å². The molecular weight excluding hydrogens is 285 g/mol.